The fourth-order valence-electron chi connectivity index (χ4n) is 3.22. The third kappa shape index (κ3) is 2.56. The molecular weight excluding hydrogens is 354 g/mol. The maximum absolute atomic E-state index is 12.5. The number of aliphatic hydroxyl groups is 1. The number of nitrogens with zero attached hydrogens (tertiary/aromatic N) is 1. The molecule has 1 aliphatic carbocycles. The van der Waals surface area contributed by atoms with Gasteiger partial charge in [0.2, 0.25) is 0 Å². The number of hydrogen-bond donors (Lipinski definition) is 1. The standard InChI is InChI=1S/C15H18BrNO5/c1-15(2)21-13(19)11(14(20)22-15)10-9(7-8(16)12(10)18)17-5-3-4-6-17/h7,9-10,19H,3-6H2,1-2H3/t9-,10-/m0/s1. The van der Waals surface area contributed by atoms with E-state index in [-0.39, 0.29) is 17.4 Å². The van der Waals surface area contributed by atoms with E-state index in [1.54, 1.807) is 6.08 Å². The molecule has 0 amide bonds. The van der Waals surface area contributed by atoms with Gasteiger partial charge in [-0.25, -0.2) is 4.79 Å². The number of ketones is 1. The number of likely N-dealkylation sites (tertiary alicyclic amines) is 1. The lowest BCUT2D eigenvalue weighted by Crippen LogP contribution is -2.45. The molecule has 0 aromatic rings. The Morgan fingerprint density at radius 1 is 1.27 bits per heavy atom. The lowest BCUT2D eigenvalue weighted by atomic mass is 9.91. The van der Waals surface area contributed by atoms with Gasteiger partial charge < -0.3 is 14.6 Å². The lowest BCUT2D eigenvalue weighted by Gasteiger charge is -2.34. The van der Waals surface area contributed by atoms with Crippen molar-refractivity contribution in [3.05, 3.63) is 22.1 Å². The molecule has 6 nitrogen and oxygen atoms in total. The number of aliphatic hydroxyl groups excluding tert-OH is 1. The molecule has 120 valence electrons. The van der Waals surface area contributed by atoms with Gasteiger partial charge in [-0.15, -0.1) is 0 Å². The number of cyclic esters (lactones) is 1. The molecule has 22 heavy (non-hydrogen) atoms. The number of rotatable bonds is 2. The first-order valence-corrected chi connectivity index (χ1v) is 8.10. The summed E-state index contributed by atoms with van der Waals surface area (Å²) in [5.74, 6) is -3.48. The first-order chi connectivity index (χ1) is 10.3. The molecule has 3 aliphatic rings. The van der Waals surface area contributed by atoms with Crippen LogP contribution in [0.25, 0.3) is 0 Å². The normalized spacial score (nSPS) is 32.0. The van der Waals surface area contributed by atoms with Crippen LogP contribution in [0.15, 0.2) is 22.1 Å². The second-order valence-electron chi connectivity index (χ2n) is 6.20. The summed E-state index contributed by atoms with van der Waals surface area (Å²) in [6, 6.07) is -0.265. The number of carbonyl (C=O) groups is 2. The molecule has 0 bridgehead atoms. The molecule has 2 aliphatic heterocycles. The predicted molar refractivity (Wildman–Crippen MR) is 81.0 cm³/mol. The first-order valence-electron chi connectivity index (χ1n) is 7.31. The molecule has 0 aromatic heterocycles. The maximum Gasteiger partial charge on any atom is 0.345 e. The Hall–Kier alpha value is -1.34. The Kier molecular flexibility index (Phi) is 3.81. The summed E-state index contributed by atoms with van der Waals surface area (Å²) in [5.41, 5.74) is -0.0908. The molecule has 3 rings (SSSR count). The van der Waals surface area contributed by atoms with E-state index in [0.717, 1.165) is 25.9 Å². The van der Waals surface area contributed by atoms with Crippen molar-refractivity contribution < 1.29 is 24.2 Å². The predicted octanol–water partition coefficient (Wildman–Crippen LogP) is 2.01. The Labute approximate surface area is 136 Å². The van der Waals surface area contributed by atoms with Crippen LogP contribution in [0.3, 0.4) is 0 Å². The third-order valence-electron chi connectivity index (χ3n) is 4.18. The first kappa shape index (κ1) is 15.6. The SMILES string of the molecule is CC1(C)OC(=O)C([C@H]2C(=O)C(Br)=C[C@@H]2N2CCCC2)=C(O)O1. The highest BCUT2D eigenvalue weighted by Gasteiger charge is 2.49. The smallest absolute Gasteiger partial charge is 0.345 e. The lowest BCUT2D eigenvalue weighted by molar-refractivity contribution is -0.223. The third-order valence-corrected chi connectivity index (χ3v) is 4.84. The van der Waals surface area contributed by atoms with Crippen molar-refractivity contribution in [2.45, 2.75) is 38.5 Å². The molecule has 1 saturated heterocycles. The summed E-state index contributed by atoms with van der Waals surface area (Å²) < 4.78 is 10.8. The number of allylic oxidation sites excluding steroid dienone is 1. The summed E-state index contributed by atoms with van der Waals surface area (Å²) in [6.45, 7) is 4.78. The highest BCUT2D eigenvalue weighted by Crippen LogP contribution is 2.39. The van der Waals surface area contributed by atoms with Crippen LogP contribution in [0.4, 0.5) is 0 Å². The topological polar surface area (TPSA) is 76.1 Å². The van der Waals surface area contributed by atoms with Gasteiger partial charge in [-0.3, -0.25) is 9.69 Å². The van der Waals surface area contributed by atoms with Crippen molar-refractivity contribution in [2.75, 3.05) is 13.1 Å². The number of hydrogen-bond acceptors (Lipinski definition) is 6. The minimum absolute atomic E-state index is 0.0908. The van der Waals surface area contributed by atoms with Crippen LogP contribution in [0.5, 0.6) is 0 Å². The fourth-order valence-corrected chi connectivity index (χ4v) is 3.74. The Morgan fingerprint density at radius 2 is 1.91 bits per heavy atom. The molecule has 0 spiro atoms. The van der Waals surface area contributed by atoms with E-state index >= 15 is 0 Å². The Morgan fingerprint density at radius 3 is 2.50 bits per heavy atom. The minimum Gasteiger partial charge on any atom is -0.480 e. The van der Waals surface area contributed by atoms with Gasteiger partial charge in [0.25, 0.3) is 11.7 Å². The van der Waals surface area contributed by atoms with Gasteiger partial charge >= 0.3 is 5.97 Å². The van der Waals surface area contributed by atoms with Gasteiger partial charge in [-0.2, -0.15) is 0 Å². The van der Waals surface area contributed by atoms with E-state index < -0.39 is 23.6 Å². The van der Waals surface area contributed by atoms with Gasteiger partial charge in [0.15, 0.2) is 5.78 Å². The van der Waals surface area contributed by atoms with E-state index in [2.05, 4.69) is 20.8 Å². The van der Waals surface area contributed by atoms with Crippen LogP contribution < -0.4 is 0 Å². The molecule has 0 saturated carbocycles. The Balaban J connectivity index is 1.98. The molecular formula is C15H18BrNO5. The van der Waals surface area contributed by atoms with E-state index in [1.807, 2.05) is 0 Å². The zero-order valence-corrected chi connectivity index (χ0v) is 14.1. The van der Waals surface area contributed by atoms with Crippen molar-refractivity contribution in [3.8, 4) is 0 Å². The van der Waals surface area contributed by atoms with Gasteiger partial charge in [-0.05, 0) is 47.9 Å². The molecule has 7 heteroatoms. The summed E-state index contributed by atoms with van der Waals surface area (Å²) >= 11 is 3.25. The van der Waals surface area contributed by atoms with Crippen LogP contribution in [0, 0.1) is 5.92 Å². The summed E-state index contributed by atoms with van der Waals surface area (Å²) in [5, 5.41) is 10.1. The monoisotopic (exact) mass is 371 g/mol. The van der Waals surface area contributed by atoms with E-state index in [4.69, 9.17) is 9.47 Å². The molecule has 1 N–H and O–H groups in total. The van der Waals surface area contributed by atoms with Crippen LogP contribution >= 0.6 is 15.9 Å². The number of halogens is 1. The maximum atomic E-state index is 12.5. The quantitative estimate of drug-likeness (QED) is 0.748. The second-order valence-corrected chi connectivity index (χ2v) is 7.05. The molecule has 2 atom stereocenters. The molecule has 0 unspecified atom stereocenters. The Bertz CT molecular complexity index is 589. The van der Waals surface area contributed by atoms with Crippen molar-refractivity contribution in [2.24, 2.45) is 5.92 Å². The van der Waals surface area contributed by atoms with Crippen molar-refractivity contribution in [3.63, 3.8) is 0 Å². The van der Waals surface area contributed by atoms with Crippen LogP contribution in [-0.4, -0.2) is 46.7 Å². The van der Waals surface area contributed by atoms with Gasteiger partial charge in [-0.1, -0.05) is 0 Å². The molecule has 0 radical (unpaired) electrons. The van der Waals surface area contributed by atoms with Crippen molar-refractivity contribution in [1.29, 1.82) is 0 Å². The molecule has 0 aromatic carbocycles. The minimum atomic E-state index is -1.24. The average molecular weight is 372 g/mol. The highest BCUT2D eigenvalue weighted by molar-refractivity contribution is 9.12. The summed E-state index contributed by atoms with van der Waals surface area (Å²) in [6.07, 6.45) is 3.91. The summed E-state index contributed by atoms with van der Waals surface area (Å²) in [7, 11) is 0. The fraction of sp³-hybridized carbons (Fsp3) is 0.600. The number of carbonyl (C=O) groups excluding carboxylic acids is 2. The largest absolute Gasteiger partial charge is 0.480 e. The molecule has 2 heterocycles. The number of esters is 1. The number of Topliss-reactive ketones (excluding diaryl/α,β-unsaturated/α-hetero) is 1. The van der Waals surface area contributed by atoms with E-state index in [9.17, 15) is 14.7 Å². The van der Waals surface area contributed by atoms with E-state index in [0.29, 0.717) is 4.48 Å². The second kappa shape index (κ2) is 5.38. The molecule has 1 fully saturated rings. The van der Waals surface area contributed by atoms with Gasteiger partial charge in [0.1, 0.15) is 5.57 Å². The van der Waals surface area contributed by atoms with Gasteiger partial charge in [0.05, 0.1) is 10.4 Å². The summed E-state index contributed by atoms with van der Waals surface area (Å²) in [4.78, 5) is 26.9. The van der Waals surface area contributed by atoms with Crippen LogP contribution in [0.2, 0.25) is 0 Å². The average Bonchev–Trinajstić information content (AvgIpc) is 3.00. The van der Waals surface area contributed by atoms with E-state index in [1.165, 1.54) is 13.8 Å². The van der Waals surface area contributed by atoms with Crippen molar-refractivity contribution >= 4 is 27.7 Å². The van der Waals surface area contributed by atoms with Gasteiger partial charge in [0, 0.05) is 19.9 Å². The van der Waals surface area contributed by atoms with Crippen LogP contribution in [0.1, 0.15) is 26.7 Å². The van der Waals surface area contributed by atoms with Crippen molar-refractivity contribution in [1.82, 2.24) is 4.90 Å². The van der Waals surface area contributed by atoms with Crippen LogP contribution in [-0.2, 0) is 19.1 Å². The highest BCUT2D eigenvalue weighted by atomic mass is 79.9. The number of ether oxygens (including phenoxy) is 2. The zero-order valence-electron chi connectivity index (χ0n) is 12.5. The zero-order chi connectivity index (χ0) is 16.1.